The van der Waals surface area contributed by atoms with Crippen molar-refractivity contribution in [2.45, 2.75) is 33.2 Å². The van der Waals surface area contributed by atoms with E-state index in [0.717, 1.165) is 31.0 Å². The van der Waals surface area contributed by atoms with Crippen LogP contribution in [0.4, 0.5) is 0 Å². The van der Waals surface area contributed by atoms with Crippen LogP contribution in [0.1, 0.15) is 25.0 Å². The van der Waals surface area contributed by atoms with Gasteiger partial charge in [0.05, 0.1) is 0 Å². The fourth-order valence-electron chi connectivity index (χ4n) is 1.25. The summed E-state index contributed by atoms with van der Waals surface area (Å²) in [4.78, 5) is 0. The lowest BCUT2D eigenvalue weighted by molar-refractivity contribution is 0.621. The van der Waals surface area contributed by atoms with Crippen molar-refractivity contribution in [3.8, 4) is 0 Å². The third-order valence-corrected chi connectivity index (χ3v) is 1.83. The second kappa shape index (κ2) is 4.21. The van der Waals surface area contributed by atoms with Crippen molar-refractivity contribution in [2.24, 2.45) is 5.73 Å². The van der Waals surface area contributed by atoms with Gasteiger partial charge in [-0.15, -0.1) is 10.2 Å². The molecule has 0 spiro atoms. The summed E-state index contributed by atoms with van der Waals surface area (Å²) in [5, 5.41) is 8.07. The predicted molar refractivity (Wildman–Crippen MR) is 47.8 cm³/mol. The summed E-state index contributed by atoms with van der Waals surface area (Å²) in [6.07, 6.45) is 1.93. The third kappa shape index (κ3) is 1.82. The Hall–Kier alpha value is -0.900. The highest BCUT2D eigenvalue weighted by Gasteiger charge is 2.05. The van der Waals surface area contributed by atoms with Crippen LogP contribution in [-0.2, 0) is 13.0 Å². The predicted octanol–water partition coefficient (Wildman–Crippen LogP) is 0.498. The molecule has 0 unspecified atom stereocenters. The summed E-state index contributed by atoms with van der Waals surface area (Å²) in [7, 11) is 0. The molecule has 0 saturated carbocycles. The zero-order chi connectivity index (χ0) is 8.97. The largest absolute Gasteiger partial charge is 0.330 e. The Morgan fingerprint density at radius 3 is 2.75 bits per heavy atom. The Bertz CT molecular complexity index is 241. The first-order valence-electron chi connectivity index (χ1n) is 4.38. The highest BCUT2D eigenvalue weighted by atomic mass is 15.3. The van der Waals surface area contributed by atoms with Gasteiger partial charge in [0, 0.05) is 13.0 Å². The first-order valence-corrected chi connectivity index (χ1v) is 4.38. The molecular weight excluding hydrogens is 152 g/mol. The number of hydrogen-bond donors (Lipinski definition) is 1. The first-order chi connectivity index (χ1) is 5.79. The van der Waals surface area contributed by atoms with Gasteiger partial charge in [-0.1, -0.05) is 6.92 Å². The first kappa shape index (κ1) is 9.19. The Morgan fingerprint density at radius 2 is 2.17 bits per heavy atom. The summed E-state index contributed by atoms with van der Waals surface area (Å²) in [5.74, 6) is 2.00. The molecule has 0 aliphatic heterocycles. The SMILES string of the molecule is CCCn1c(C)nnc1CCN. The minimum absolute atomic E-state index is 0.641. The molecule has 0 aromatic carbocycles. The molecule has 0 bridgehead atoms. The second-order valence-electron chi connectivity index (χ2n) is 2.85. The van der Waals surface area contributed by atoms with Crippen LogP contribution < -0.4 is 5.73 Å². The molecular formula is C8H16N4. The molecule has 4 heteroatoms. The number of aryl methyl sites for hydroxylation is 1. The van der Waals surface area contributed by atoms with E-state index in [1.807, 2.05) is 6.92 Å². The van der Waals surface area contributed by atoms with Crippen molar-refractivity contribution in [3.05, 3.63) is 11.6 Å². The summed E-state index contributed by atoms with van der Waals surface area (Å²) < 4.78 is 2.13. The molecule has 0 fully saturated rings. The molecule has 0 amide bonds. The molecule has 0 aliphatic rings. The fraction of sp³-hybridized carbons (Fsp3) is 0.750. The molecule has 68 valence electrons. The van der Waals surface area contributed by atoms with Crippen molar-refractivity contribution in [3.63, 3.8) is 0 Å². The molecule has 1 rings (SSSR count). The van der Waals surface area contributed by atoms with Gasteiger partial charge in [-0.05, 0) is 19.9 Å². The molecule has 1 heterocycles. The maximum Gasteiger partial charge on any atom is 0.134 e. The van der Waals surface area contributed by atoms with Gasteiger partial charge in [0.1, 0.15) is 11.6 Å². The molecule has 2 N–H and O–H groups in total. The smallest absolute Gasteiger partial charge is 0.134 e. The molecule has 0 aliphatic carbocycles. The zero-order valence-corrected chi connectivity index (χ0v) is 7.75. The van der Waals surface area contributed by atoms with Crippen LogP contribution in [0.15, 0.2) is 0 Å². The van der Waals surface area contributed by atoms with Gasteiger partial charge in [0.15, 0.2) is 0 Å². The van der Waals surface area contributed by atoms with E-state index < -0.39 is 0 Å². The van der Waals surface area contributed by atoms with Gasteiger partial charge in [-0.2, -0.15) is 0 Å². The highest BCUT2D eigenvalue weighted by molar-refractivity contribution is 4.94. The van der Waals surface area contributed by atoms with Crippen molar-refractivity contribution < 1.29 is 0 Å². The number of nitrogens with zero attached hydrogens (tertiary/aromatic N) is 3. The normalized spacial score (nSPS) is 10.6. The molecule has 1 aromatic rings. The minimum Gasteiger partial charge on any atom is -0.330 e. The standard InChI is InChI=1S/C8H16N4/c1-3-6-12-7(2)10-11-8(12)4-5-9/h3-6,9H2,1-2H3. The van der Waals surface area contributed by atoms with E-state index in [-0.39, 0.29) is 0 Å². The second-order valence-corrected chi connectivity index (χ2v) is 2.85. The average Bonchev–Trinajstić information content (AvgIpc) is 2.37. The topological polar surface area (TPSA) is 56.7 Å². The average molecular weight is 168 g/mol. The van der Waals surface area contributed by atoms with Gasteiger partial charge >= 0.3 is 0 Å². The van der Waals surface area contributed by atoms with E-state index in [0.29, 0.717) is 6.54 Å². The van der Waals surface area contributed by atoms with Crippen LogP contribution >= 0.6 is 0 Å². The van der Waals surface area contributed by atoms with Crippen molar-refractivity contribution >= 4 is 0 Å². The Kier molecular flexibility index (Phi) is 3.22. The lowest BCUT2D eigenvalue weighted by Gasteiger charge is -2.04. The number of hydrogen-bond acceptors (Lipinski definition) is 3. The number of aromatic nitrogens is 3. The van der Waals surface area contributed by atoms with E-state index in [4.69, 9.17) is 5.73 Å². The van der Waals surface area contributed by atoms with Gasteiger partial charge in [0.2, 0.25) is 0 Å². The maximum absolute atomic E-state index is 5.45. The van der Waals surface area contributed by atoms with Gasteiger partial charge in [0.25, 0.3) is 0 Å². The van der Waals surface area contributed by atoms with E-state index in [9.17, 15) is 0 Å². The zero-order valence-electron chi connectivity index (χ0n) is 7.75. The lowest BCUT2D eigenvalue weighted by atomic mass is 10.4. The number of rotatable bonds is 4. The quantitative estimate of drug-likeness (QED) is 0.712. The fourth-order valence-corrected chi connectivity index (χ4v) is 1.25. The molecule has 4 nitrogen and oxygen atoms in total. The Morgan fingerprint density at radius 1 is 1.42 bits per heavy atom. The number of nitrogens with two attached hydrogens (primary N) is 1. The molecule has 12 heavy (non-hydrogen) atoms. The van der Waals surface area contributed by atoms with E-state index in [1.165, 1.54) is 0 Å². The molecule has 0 atom stereocenters. The van der Waals surface area contributed by atoms with Crippen LogP contribution in [0.25, 0.3) is 0 Å². The summed E-state index contributed by atoms with van der Waals surface area (Å²) in [6.45, 7) is 5.75. The van der Waals surface area contributed by atoms with Crippen LogP contribution in [0, 0.1) is 6.92 Å². The van der Waals surface area contributed by atoms with Crippen LogP contribution in [-0.4, -0.2) is 21.3 Å². The van der Waals surface area contributed by atoms with Crippen molar-refractivity contribution in [2.75, 3.05) is 6.54 Å². The van der Waals surface area contributed by atoms with Gasteiger partial charge in [-0.3, -0.25) is 0 Å². The summed E-state index contributed by atoms with van der Waals surface area (Å²) in [5.41, 5.74) is 5.45. The Labute approximate surface area is 72.8 Å². The van der Waals surface area contributed by atoms with Crippen LogP contribution in [0.5, 0.6) is 0 Å². The lowest BCUT2D eigenvalue weighted by Crippen LogP contribution is -2.10. The summed E-state index contributed by atoms with van der Waals surface area (Å²) >= 11 is 0. The Balaban J connectivity index is 2.80. The molecule has 0 radical (unpaired) electrons. The van der Waals surface area contributed by atoms with Crippen molar-refractivity contribution in [1.82, 2.24) is 14.8 Å². The van der Waals surface area contributed by atoms with Gasteiger partial charge < -0.3 is 10.3 Å². The van der Waals surface area contributed by atoms with E-state index in [1.54, 1.807) is 0 Å². The highest BCUT2D eigenvalue weighted by Crippen LogP contribution is 2.02. The molecule has 0 saturated heterocycles. The van der Waals surface area contributed by atoms with Crippen LogP contribution in [0.2, 0.25) is 0 Å². The maximum atomic E-state index is 5.45. The third-order valence-electron chi connectivity index (χ3n) is 1.83. The van der Waals surface area contributed by atoms with Crippen molar-refractivity contribution in [1.29, 1.82) is 0 Å². The van der Waals surface area contributed by atoms with Gasteiger partial charge in [-0.25, -0.2) is 0 Å². The van der Waals surface area contributed by atoms with Crippen LogP contribution in [0.3, 0.4) is 0 Å². The summed E-state index contributed by atoms with van der Waals surface area (Å²) in [6, 6.07) is 0. The monoisotopic (exact) mass is 168 g/mol. The van der Waals surface area contributed by atoms with E-state index >= 15 is 0 Å². The minimum atomic E-state index is 0.641. The van der Waals surface area contributed by atoms with E-state index in [2.05, 4.69) is 21.7 Å². The molecule has 1 aromatic heterocycles.